The number of carbonyl (C=O) groups is 3. The minimum atomic E-state index is -0.994. The van der Waals surface area contributed by atoms with E-state index >= 15 is 0 Å². The fourth-order valence-corrected chi connectivity index (χ4v) is 3.41. The third-order valence-corrected chi connectivity index (χ3v) is 5.09. The number of hydrogen-bond acceptors (Lipinski definition) is 4. The number of nitrogens with zero attached hydrogens (tertiary/aromatic N) is 1. The largest absolute Gasteiger partial charge is 0.481 e. The highest BCUT2D eigenvalue weighted by molar-refractivity contribution is 6.34. The van der Waals surface area contributed by atoms with Gasteiger partial charge in [0.2, 0.25) is 5.91 Å². The summed E-state index contributed by atoms with van der Waals surface area (Å²) in [5.74, 6) is -2.84. The van der Waals surface area contributed by atoms with Crippen molar-refractivity contribution in [1.29, 1.82) is 0 Å². The van der Waals surface area contributed by atoms with E-state index in [9.17, 15) is 19.5 Å². The maximum Gasteiger partial charge on any atom is 0.307 e. The number of nitrogens with one attached hydrogen (secondary N) is 2. The number of carboxylic acids is 1. The molecule has 1 aliphatic carbocycles. The molecule has 140 valence electrons. The molecule has 1 fully saturated rings. The van der Waals surface area contributed by atoms with Crippen LogP contribution in [0.2, 0.25) is 5.02 Å². The molecule has 7 nitrogen and oxygen atoms in total. The molecule has 1 saturated carbocycles. The van der Waals surface area contributed by atoms with Crippen molar-refractivity contribution in [3.05, 3.63) is 53.2 Å². The second kappa shape index (κ2) is 7.00. The molecule has 0 bridgehead atoms. The van der Waals surface area contributed by atoms with E-state index in [1.807, 2.05) is 0 Å². The van der Waals surface area contributed by atoms with Crippen LogP contribution in [0.5, 0.6) is 0 Å². The Bertz CT molecular complexity index is 914. The molecule has 2 aromatic rings. The fraction of sp³-hybridized carbons (Fsp3) is 0.263. The van der Waals surface area contributed by atoms with Crippen molar-refractivity contribution >= 4 is 40.9 Å². The van der Waals surface area contributed by atoms with E-state index in [1.54, 1.807) is 44.3 Å². The summed E-state index contributed by atoms with van der Waals surface area (Å²) in [6.07, 6.45) is 1.55. The summed E-state index contributed by atoms with van der Waals surface area (Å²) < 4.78 is 0. The second-order valence-corrected chi connectivity index (χ2v) is 7.38. The molecule has 27 heavy (non-hydrogen) atoms. The number of benzene rings is 1. The van der Waals surface area contributed by atoms with Gasteiger partial charge in [0.1, 0.15) is 5.82 Å². The van der Waals surface area contributed by atoms with E-state index in [0.717, 1.165) is 0 Å². The molecule has 2 atom stereocenters. The summed E-state index contributed by atoms with van der Waals surface area (Å²) in [5, 5.41) is 14.7. The number of halogens is 1. The molecule has 1 aliphatic rings. The zero-order valence-electron chi connectivity index (χ0n) is 14.7. The molecular formula is C19H18ClN3O4. The molecule has 8 heteroatoms. The van der Waals surface area contributed by atoms with E-state index in [-0.39, 0.29) is 10.6 Å². The van der Waals surface area contributed by atoms with Crippen molar-refractivity contribution in [2.24, 2.45) is 17.3 Å². The van der Waals surface area contributed by atoms with Gasteiger partial charge >= 0.3 is 5.97 Å². The van der Waals surface area contributed by atoms with E-state index in [0.29, 0.717) is 11.5 Å². The van der Waals surface area contributed by atoms with Gasteiger partial charge in [-0.2, -0.15) is 0 Å². The van der Waals surface area contributed by atoms with Gasteiger partial charge in [0.15, 0.2) is 0 Å². The van der Waals surface area contributed by atoms with Crippen molar-refractivity contribution in [1.82, 2.24) is 4.98 Å². The number of aromatic nitrogens is 1. The van der Waals surface area contributed by atoms with Gasteiger partial charge < -0.3 is 15.7 Å². The highest BCUT2D eigenvalue weighted by Gasteiger charge is 2.65. The van der Waals surface area contributed by atoms with Crippen LogP contribution >= 0.6 is 11.6 Å². The van der Waals surface area contributed by atoms with Gasteiger partial charge in [0.05, 0.1) is 22.4 Å². The smallest absolute Gasteiger partial charge is 0.307 e. The summed E-state index contributed by atoms with van der Waals surface area (Å²) in [7, 11) is 0. The zero-order valence-corrected chi connectivity index (χ0v) is 15.4. The number of pyridine rings is 1. The Morgan fingerprint density at radius 1 is 1.11 bits per heavy atom. The van der Waals surface area contributed by atoms with Crippen molar-refractivity contribution in [3.63, 3.8) is 0 Å². The van der Waals surface area contributed by atoms with Crippen LogP contribution in [0.15, 0.2) is 42.6 Å². The number of hydrogen-bond donors (Lipinski definition) is 3. The second-order valence-electron chi connectivity index (χ2n) is 6.97. The van der Waals surface area contributed by atoms with Crippen molar-refractivity contribution in [3.8, 4) is 0 Å². The van der Waals surface area contributed by atoms with Crippen molar-refractivity contribution in [2.75, 3.05) is 10.6 Å². The van der Waals surface area contributed by atoms with Crippen LogP contribution in [0.25, 0.3) is 0 Å². The lowest BCUT2D eigenvalue weighted by Gasteiger charge is -2.10. The highest BCUT2D eigenvalue weighted by Crippen LogP contribution is 2.58. The number of rotatable bonds is 5. The van der Waals surface area contributed by atoms with E-state index in [4.69, 9.17) is 11.6 Å². The van der Waals surface area contributed by atoms with Crippen LogP contribution < -0.4 is 10.6 Å². The predicted octanol–water partition coefficient (Wildman–Crippen LogP) is 3.28. The van der Waals surface area contributed by atoms with Crippen LogP contribution in [0.3, 0.4) is 0 Å². The van der Waals surface area contributed by atoms with Gasteiger partial charge in [-0.3, -0.25) is 14.4 Å². The topological polar surface area (TPSA) is 108 Å². The Morgan fingerprint density at radius 3 is 2.44 bits per heavy atom. The van der Waals surface area contributed by atoms with Crippen molar-refractivity contribution < 1.29 is 19.5 Å². The summed E-state index contributed by atoms with van der Waals surface area (Å²) in [4.78, 5) is 40.1. The predicted molar refractivity (Wildman–Crippen MR) is 101 cm³/mol. The number of anilines is 2. The van der Waals surface area contributed by atoms with Crippen molar-refractivity contribution in [2.45, 2.75) is 13.8 Å². The third-order valence-electron chi connectivity index (χ3n) is 4.76. The highest BCUT2D eigenvalue weighted by atomic mass is 35.5. The molecule has 0 spiro atoms. The molecule has 0 radical (unpaired) electrons. The zero-order chi connectivity index (χ0) is 19.8. The lowest BCUT2D eigenvalue weighted by atomic mass is 10.1. The molecule has 0 unspecified atom stereocenters. The first-order valence-corrected chi connectivity index (χ1v) is 8.65. The SMILES string of the molecule is CC1(C)[C@H](C(=O)Nc2ccc(Cl)c(C(=O)Nc3ccccn3)c2)[C@@H]1C(=O)O. The molecule has 3 rings (SSSR count). The molecule has 2 amide bonds. The van der Waals surface area contributed by atoms with Crippen LogP contribution in [0.4, 0.5) is 11.5 Å². The van der Waals surface area contributed by atoms with E-state index < -0.39 is 35.0 Å². The molecule has 0 saturated heterocycles. The van der Waals surface area contributed by atoms with E-state index in [2.05, 4.69) is 15.6 Å². The maximum atomic E-state index is 12.4. The fourth-order valence-electron chi connectivity index (χ4n) is 3.21. The van der Waals surface area contributed by atoms with Crippen LogP contribution in [0, 0.1) is 17.3 Å². The summed E-state index contributed by atoms with van der Waals surface area (Å²) in [6, 6.07) is 9.60. The lowest BCUT2D eigenvalue weighted by Crippen LogP contribution is -2.19. The van der Waals surface area contributed by atoms with Gasteiger partial charge in [-0.05, 0) is 35.7 Å². The van der Waals surface area contributed by atoms with Gasteiger partial charge in [-0.15, -0.1) is 0 Å². The normalized spacial score (nSPS) is 19.8. The average Bonchev–Trinajstić information content (AvgIpc) is 3.20. The Hall–Kier alpha value is -2.93. The standard InChI is InChI=1S/C19H18ClN3O4/c1-19(2)14(15(19)18(26)27)17(25)22-10-6-7-12(20)11(9-10)16(24)23-13-5-3-4-8-21-13/h3-9,14-15H,1-2H3,(H,22,25)(H,26,27)(H,21,23,24)/t14-,15+/m0/s1. The van der Waals surface area contributed by atoms with E-state index in [1.165, 1.54) is 12.1 Å². The summed E-state index contributed by atoms with van der Waals surface area (Å²) in [5.41, 5.74) is -0.0750. The molecule has 1 aromatic carbocycles. The minimum Gasteiger partial charge on any atom is -0.481 e. The van der Waals surface area contributed by atoms with Gasteiger partial charge in [-0.25, -0.2) is 4.98 Å². The van der Waals surface area contributed by atoms with Crippen LogP contribution in [-0.4, -0.2) is 27.9 Å². The molecule has 1 heterocycles. The monoisotopic (exact) mass is 387 g/mol. The summed E-state index contributed by atoms with van der Waals surface area (Å²) >= 11 is 6.11. The number of aliphatic carboxylic acids is 1. The van der Waals surface area contributed by atoms with Crippen LogP contribution in [-0.2, 0) is 9.59 Å². The average molecular weight is 388 g/mol. The number of carbonyl (C=O) groups excluding carboxylic acids is 2. The maximum absolute atomic E-state index is 12.4. The van der Waals surface area contributed by atoms with Crippen LogP contribution in [0.1, 0.15) is 24.2 Å². The first-order valence-electron chi connectivity index (χ1n) is 8.27. The van der Waals surface area contributed by atoms with Gasteiger partial charge in [0.25, 0.3) is 5.91 Å². The third kappa shape index (κ3) is 3.78. The first-order chi connectivity index (χ1) is 12.7. The minimum absolute atomic E-state index is 0.171. The quantitative estimate of drug-likeness (QED) is 0.729. The Kier molecular flexibility index (Phi) is 4.89. The number of carboxylic acid groups (broad SMARTS) is 1. The Morgan fingerprint density at radius 2 is 1.85 bits per heavy atom. The first kappa shape index (κ1) is 18.8. The Balaban J connectivity index is 1.75. The number of amides is 2. The molecule has 1 aromatic heterocycles. The molecule has 0 aliphatic heterocycles. The molecule has 3 N–H and O–H groups in total. The van der Waals surface area contributed by atoms with Gasteiger partial charge in [-0.1, -0.05) is 31.5 Å². The lowest BCUT2D eigenvalue weighted by molar-refractivity contribution is -0.140. The Labute approximate surface area is 160 Å². The molecular weight excluding hydrogens is 370 g/mol. The van der Waals surface area contributed by atoms with Gasteiger partial charge in [0, 0.05) is 11.9 Å². The summed E-state index contributed by atoms with van der Waals surface area (Å²) in [6.45, 7) is 3.48.